The Morgan fingerprint density at radius 3 is 2.58 bits per heavy atom. The number of aryl methyl sites for hydroxylation is 1. The highest BCUT2D eigenvalue weighted by atomic mass is 35.5. The summed E-state index contributed by atoms with van der Waals surface area (Å²) >= 11 is 6.15. The maximum absolute atomic E-state index is 13.8. The number of halogens is 2. The zero-order valence-corrected chi connectivity index (χ0v) is 15.6. The Bertz CT molecular complexity index is 910. The molecule has 0 heterocycles. The molecule has 0 radical (unpaired) electrons. The predicted octanol–water partition coefficient (Wildman–Crippen LogP) is 6.29. The molecule has 0 saturated heterocycles. The molecule has 0 unspecified atom stereocenters. The highest BCUT2D eigenvalue weighted by molar-refractivity contribution is 6.30. The third kappa shape index (κ3) is 4.36. The third-order valence-corrected chi connectivity index (χ3v) is 4.67. The van der Waals surface area contributed by atoms with Crippen LogP contribution in [0, 0.1) is 19.7 Å². The fourth-order valence-electron chi connectivity index (χ4n) is 2.73. The Balaban J connectivity index is 1.75. The van der Waals surface area contributed by atoms with Gasteiger partial charge in [-0.05, 0) is 55.3 Å². The topological polar surface area (TPSA) is 21.3 Å². The summed E-state index contributed by atoms with van der Waals surface area (Å²) in [5, 5.41) is 4.07. The van der Waals surface area contributed by atoms with Crippen molar-refractivity contribution in [2.45, 2.75) is 27.0 Å². The molecule has 0 aliphatic heterocycles. The van der Waals surface area contributed by atoms with Crippen molar-refractivity contribution in [3.05, 3.63) is 93.8 Å². The molecule has 3 aromatic rings. The van der Waals surface area contributed by atoms with Gasteiger partial charge in [0.2, 0.25) is 0 Å². The van der Waals surface area contributed by atoms with Gasteiger partial charge in [-0.3, -0.25) is 0 Å². The Hall–Kier alpha value is -2.52. The number of hydrogen-bond donors (Lipinski definition) is 1. The normalized spacial score (nSPS) is 10.6. The summed E-state index contributed by atoms with van der Waals surface area (Å²) < 4.78 is 19.7. The molecule has 0 fully saturated rings. The van der Waals surface area contributed by atoms with Crippen molar-refractivity contribution in [1.29, 1.82) is 0 Å². The van der Waals surface area contributed by atoms with E-state index in [1.807, 2.05) is 24.3 Å². The van der Waals surface area contributed by atoms with Crippen LogP contribution in [0.2, 0.25) is 5.02 Å². The first-order valence-electron chi connectivity index (χ1n) is 8.49. The maximum Gasteiger partial charge on any atom is 0.129 e. The minimum absolute atomic E-state index is 0.171. The maximum atomic E-state index is 13.8. The molecule has 2 nitrogen and oxygen atoms in total. The van der Waals surface area contributed by atoms with Crippen LogP contribution >= 0.6 is 11.6 Å². The first-order chi connectivity index (χ1) is 12.5. The Kier molecular flexibility index (Phi) is 5.79. The fourth-order valence-corrected chi connectivity index (χ4v) is 2.93. The van der Waals surface area contributed by atoms with Crippen LogP contribution in [0.25, 0.3) is 0 Å². The van der Waals surface area contributed by atoms with Crippen LogP contribution in [0.4, 0.5) is 10.1 Å². The zero-order valence-electron chi connectivity index (χ0n) is 14.9. The van der Waals surface area contributed by atoms with Crippen molar-refractivity contribution in [1.82, 2.24) is 0 Å². The predicted molar refractivity (Wildman–Crippen MR) is 105 cm³/mol. The van der Waals surface area contributed by atoms with Gasteiger partial charge in [-0.1, -0.05) is 41.9 Å². The molecule has 4 heteroatoms. The van der Waals surface area contributed by atoms with Gasteiger partial charge >= 0.3 is 0 Å². The van der Waals surface area contributed by atoms with Crippen LogP contribution < -0.4 is 10.1 Å². The van der Waals surface area contributed by atoms with E-state index in [-0.39, 0.29) is 12.4 Å². The van der Waals surface area contributed by atoms with Crippen molar-refractivity contribution >= 4 is 17.3 Å². The molecule has 0 bridgehead atoms. The fraction of sp³-hybridized carbons (Fsp3) is 0.182. The summed E-state index contributed by atoms with van der Waals surface area (Å²) in [5.41, 5.74) is 4.97. The van der Waals surface area contributed by atoms with Crippen molar-refractivity contribution in [2.75, 3.05) is 5.32 Å². The second-order valence-corrected chi connectivity index (χ2v) is 6.67. The average Bonchev–Trinajstić information content (AvgIpc) is 2.63. The SMILES string of the molecule is Cc1cccc(NCc2cc(Cl)ccc2OCc2ccccc2F)c1C. The number of rotatable bonds is 6. The quantitative estimate of drug-likeness (QED) is 0.551. The molecule has 26 heavy (non-hydrogen) atoms. The van der Waals surface area contributed by atoms with Gasteiger partial charge in [-0.25, -0.2) is 4.39 Å². The van der Waals surface area contributed by atoms with E-state index >= 15 is 0 Å². The summed E-state index contributed by atoms with van der Waals surface area (Å²) in [7, 11) is 0. The number of anilines is 1. The smallest absolute Gasteiger partial charge is 0.129 e. The molecule has 0 spiro atoms. The summed E-state index contributed by atoms with van der Waals surface area (Å²) in [4.78, 5) is 0. The molecule has 0 aliphatic carbocycles. The van der Waals surface area contributed by atoms with Crippen molar-refractivity contribution in [3.8, 4) is 5.75 Å². The summed E-state index contributed by atoms with van der Waals surface area (Å²) in [6, 6.07) is 18.3. The van der Waals surface area contributed by atoms with Gasteiger partial charge in [0.25, 0.3) is 0 Å². The molecule has 3 aromatic carbocycles. The van der Waals surface area contributed by atoms with Crippen LogP contribution in [0.3, 0.4) is 0 Å². The molecule has 134 valence electrons. The monoisotopic (exact) mass is 369 g/mol. The van der Waals surface area contributed by atoms with Gasteiger partial charge in [0.15, 0.2) is 0 Å². The Labute approximate surface area is 158 Å². The minimum Gasteiger partial charge on any atom is -0.488 e. The van der Waals surface area contributed by atoms with E-state index in [0.29, 0.717) is 22.9 Å². The Morgan fingerprint density at radius 1 is 0.962 bits per heavy atom. The lowest BCUT2D eigenvalue weighted by molar-refractivity contribution is 0.297. The van der Waals surface area contributed by atoms with E-state index in [0.717, 1.165) is 11.3 Å². The molecule has 0 atom stereocenters. The molecule has 1 N–H and O–H groups in total. The number of ether oxygens (including phenoxy) is 1. The largest absolute Gasteiger partial charge is 0.488 e. The van der Waals surface area contributed by atoms with Crippen molar-refractivity contribution < 1.29 is 9.13 Å². The van der Waals surface area contributed by atoms with Crippen molar-refractivity contribution in [2.24, 2.45) is 0 Å². The molecule has 0 saturated carbocycles. The van der Waals surface area contributed by atoms with E-state index in [4.69, 9.17) is 16.3 Å². The van der Waals surface area contributed by atoms with Crippen molar-refractivity contribution in [3.63, 3.8) is 0 Å². The molecular weight excluding hydrogens is 349 g/mol. The third-order valence-electron chi connectivity index (χ3n) is 4.44. The summed E-state index contributed by atoms with van der Waals surface area (Å²) in [5.74, 6) is 0.423. The number of hydrogen-bond acceptors (Lipinski definition) is 2. The lowest BCUT2D eigenvalue weighted by Crippen LogP contribution is -2.05. The second-order valence-electron chi connectivity index (χ2n) is 6.23. The van der Waals surface area contributed by atoms with Gasteiger partial charge in [0.1, 0.15) is 18.2 Å². The van der Waals surface area contributed by atoms with E-state index in [1.54, 1.807) is 24.3 Å². The average molecular weight is 370 g/mol. The van der Waals surface area contributed by atoms with Crippen LogP contribution in [0.5, 0.6) is 5.75 Å². The summed E-state index contributed by atoms with van der Waals surface area (Å²) in [6.07, 6.45) is 0. The molecule has 0 aromatic heterocycles. The zero-order chi connectivity index (χ0) is 18.5. The van der Waals surface area contributed by atoms with E-state index in [2.05, 4.69) is 25.2 Å². The van der Waals surface area contributed by atoms with Crippen LogP contribution in [-0.4, -0.2) is 0 Å². The minimum atomic E-state index is -0.267. The van der Waals surface area contributed by atoms with E-state index < -0.39 is 0 Å². The highest BCUT2D eigenvalue weighted by Gasteiger charge is 2.08. The van der Waals surface area contributed by atoms with E-state index in [9.17, 15) is 4.39 Å². The van der Waals surface area contributed by atoms with Gasteiger partial charge in [0.05, 0.1) is 0 Å². The number of benzene rings is 3. The lowest BCUT2D eigenvalue weighted by atomic mass is 10.1. The van der Waals surface area contributed by atoms with E-state index in [1.165, 1.54) is 17.2 Å². The second kappa shape index (κ2) is 8.24. The van der Waals surface area contributed by atoms with Crippen LogP contribution in [0.15, 0.2) is 60.7 Å². The van der Waals surface area contributed by atoms with Gasteiger partial charge in [0, 0.05) is 28.4 Å². The van der Waals surface area contributed by atoms with Gasteiger partial charge < -0.3 is 10.1 Å². The van der Waals surface area contributed by atoms with Crippen LogP contribution in [-0.2, 0) is 13.2 Å². The highest BCUT2D eigenvalue weighted by Crippen LogP contribution is 2.26. The van der Waals surface area contributed by atoms with Crippen LogP contribution in [0.1, 0.15) is 22.3 Å². The first kappa shape index (κ1) is 18.3. The molecular formula is C22H21ClFNO. The summed E-state index contributed by atoms with van der Waals surface area (Å²) in [6.45, 7) is 4.91. The number of nitrogens with one attached hydrogen (secondary N) is 1. The molecule has 0 amide bonds. The van der Waals surface area contributed by atoms with Gasteiger partial charge in [-0.15, -0.1) is 0 Å². The molecule has 3 rings (SSSR count). The lowest BCUT2D eigenvalue weighted by Gasteiger charge is -2.15. The van der Waals surface area contributed by atoms with Gasteiger partial charge in [-0.2, -0.15) is 0 Å². The first-order valence-corrected chi connectivity index (χ1v) is 8.87. The standard InChI is InChI=1S/C22H21ClFNO/c1-15-6-5-9-21(16(15)2)25-13-18-12-19(23)10-11-22(18)26-14-17-7-3-4-8-20(17)24/h3-12,25H,13-14H2,1-2H3. The molecule has 0 aliphatic rings. The Morgan fingerprint density at radius 2 is 1.77 bits per heavy atom.